The van der Waals surface area contributed by atoms with Crippen LogP contribution in [-0.2, 0) is 10.0 Å². The number of amides is 1. The molecule has 1 heterocycles. The Morgan fingerprint density at radius 1 is 1.04 bits per heavy atom. The Hall–Kier alpha value is -1.70. The van der Waals surface area contributed by atoms with Crippen molar-refractivity contribution in [1.29, 1.82) is 0 Å². The van der Waals surface area contributed by atoms with E-state index in [0.717, 1.165) is 12.8 Å². The molecule has 0 saturated carbocycles. The second-order valence-corrected chi connectivity index (χ2v) is 8.37. The molecule has 2 aromatic rings. The second kappa shape index (κ2) is 7.04. The van der Waals surface area contributed by atoms with Gasteiger partial charge in [-0.1, -0.05) is 18.2 Å². The number of benzene rings is 2. The van der Waals surface area contributed by atoms with Gasteiger partial charge < -0.3 is 5.32 Å². The molecule has 2 aromatic carbocycles. The molecule has 126 valence electrons. The fraction of sp³-hybridized carbons (Fsp3) is 0.235. The SMILES string of the molecule is O=C(Nc1ccccc1)c1cc(S(=O)(=O)N2CCCC2)ccc1Br. The number of hydrogen-bond donors (Lipinski definition) is 1. The maximum atomic E-state index is 12.7. The van der Waals surface area contributed by atoms with Gasteiger partial charge in [-0.05, 0) is 59.1 Å². The van der Waals surface area contributed by atoms with E-state index in [1.165, 1.54) is 16.4 Å². The van der Waals surface area contributed by atoms with Crippen LogP contribution in [0.5, 0.6) is 0 Å². The average Bonchev–Trinajstić information content (AvgIpc) is 3.11. The van der Waals surface area contributed by atoms with Crippen molar-refractivity contribution in [3.8, 4) is 0 Å². The molecule has 0 spiro atoms. The quantitative estimate of drug-likeness (QED) is 0.841. The summed E-state index contributed by atoms with van der Waals surface area (Å²) >= 11 is 3.33. The lowest BCUT2D eigenvalue weighted by molar-refractivity contribution is 0.102. The molecule has 1 aliphatic heterocycles. The fourth-order valence-electron chi connectivity index (χ4n) is 2.64. The monoisotopic (exact) mass is 408 g/mol. The maximum absolute atomic E-state index is 12.7. The van der Waals surface area contributed by atoms with Crippen molar-refractivity contribution in [2.24, 2.45) is 0 Å². The van der Waals surface area contributed by atoms with Crippen molar-refractivity contribution in [3.63, 3.8) is 0 Å². The molecule has 0 atom stereocenters. The highest BCUT2D eigenvalue weighted by atomic mass is 79.9. The van der Waals surface area contributed by atoms with E-state index in [1.807, 2.05) is 18.2 Å². The third-order valence-corrected chi connectivity index (χ3v) is 6.50. The van der Waals surface area contributed by atoms with Crippen molar-refractivity contribution in [1.82, 2.24) is 4.31 Å². The summed E-state index contributed by atoms with van der Waals surface area (Å²) in [5.74, 6) is -0.355. The number of sulfonamides is 1. The molecule has 3 rings (SSSR count). The zero-order chi connectivity index (χ0) is 17.2. The Kier molecular flexibility index (Phi) is 5.03. The number of halogens is 1. The predicted molar refractivity (Wildman–Crippen MR) is 96.5 cm³/mol. The molecule has 24 heavy (non-hydrogen) atoms. The number of anilines is 1. The number of carbonyl (C=O) groups is 1. The lowest BCUT2D eigenvalue weighted by atomic mass is 10.2. The molecule has 1 fully saturated rings. The number of carbonyl (C=O) groups excluding carboxylic acids is 1. The van der Waals surface area contributed by atoms with Crippen LogP contribution in [0.2, 0.25) is 0 Å². The van der Waals surface area contributed by atoms with E-state index in [0.29, 0.717) is 28.8 Å². The summed E-state index contributed by atoms with van der Waals surface area (Å²) in [6.45, 7) is 1.06. The largest absolute Gasteiger partial charge is 0.322 e. The fourth-order valence-corrected chi connectivity index (χ4v) is 4.61. The third-order valence-electron chi connectivity index (χ3n) is 3.92. The summed E-state index contributed by atoms with van der Waals surface area (Å²) in [6.07, 6.45) is 1.74. The summed E-state index contributed by atoms with van der Waals surface area (Å²) in [5, 5.41) is 2.77. The summed E-state index contributed by atoms with van der Waals surface area (Å²) in [5.41, 5.74) is 0.946. The van der Waals surface area contributed by atoms with E-state index in [9.17, 15) is 13.2 Å². The first-order valence-electron chi connectivity index (χ1n) is 7.64. The van der Waals surface area contributed by atoms with E-state index in [1.54, 1.807) is 18.2 Å². The van der Waals surface area contributed by atoms with Gasteiger partial charge in [-0.25, -0.2) is 8.42 Å². The molecule has 0 bridgehead atoms. The van der Waals surface area contributed by atoms with E-state index in [2.05, 4.69) is 21.2 Å². The topological polar surface area (TPSA) is 66.5 Å². The van der Waals surface area contributed by atoms with Crippen LogP contribution in [0.3, 0.4) is 0 Å². The summed E-state index contributed by atoms with van der Waals surface area (Å²) in [4.78, 5) is 12.6. The van der Waals surface area contributed by atoms with Crippen LogP contribution in [0, 0.1) is 0 Å². The van der Waals surface area contributed by atoms with Crippen molar-refractivity contribution >= 4 is 37.5 Å². The van der Waals surface area contributed by atoms with Crippen LogP contribution in [0.1, 0.15) is 23.2 Å². The van der Waals surface area contributed by atoms with Crippen molar-refractivity contribution in [3.05, 3.63) is 58.6 Å². The highest BCUT2D eigenvalue weighted by molar-refractivity contribution is 9.10. The molecule has 0 unspecified atom stereocenters. The maximum Gasteiger partial charge on any atom is 0.256 e. The van der Waals surface area contributed by atoms with Crippen LogP contribution in [0.25, 0.3) is 0 Å². The minimum absolute atomic E-state index is 0.144. The number of hydrogen-bond acceptors (Lipinski definition) is 3. The third kappa shape index (κ3) is 3.53. The van der Waals surface area contributed by atoms with Gasteiger partial charge in [0.2, 0.25) is 10.0 Å². The van der Waals surface area contributed by atoms with Crippen molar-refractivity contribution in [2.45, 2.75) is 17.7 Å². The Labute approximate surface area is 149 Å². The Balaban J connectivity index is 1.90. The molecule has 7 heteroatoms. The molecular weight excluding hydrogens is 392 g/mol. The minimum Gasteiger partial charge on any atom is -0.322 e. The van der Waals surface area contributed by atoms with Gasteiger partial charge in [0.25, 0.3) is 5.91 Å². The van der Waals surface area contributed by atoms with Gasteiger partial charge in [-0.3, -0.25) is 4.79 Å². The standard InChI is InChI=1S/C17H17BrN2O3S/c18-16-9-8-14(24(22,23)20-10-4-5-11-20)12-15(16)17(21)19-13-6-2-1-3-7-13/h1-3,6-9,12H,4-5,10-11H2,(H,19,21). The van der Waals surface area contributed by atoms with E-state index in [4.69, 9.17) is 0 Å². The van der Waals surface area contributed by atoms with Crippen molar-refractivity contribution in [2.75, 3.05) is 18.4 Å². The lowest BCUT2D eigenvalue weighted by Gasteiger charge is -2.16. The van der Waals surface area contributed by atoms with Crippen LogP contribution in [0.4, 0.5) is 5.69 Å². The molecular formula is C17H17BrN2O3S. The zero-order valence-corrected chi connectivity index (χ0v) is 15.3. The molecule has 0 radical (unpaired) electrons. The minimum atomic E-state index is -3.55. The van der Waals surface area contributed by atoms with Crippen LogP contribution >= 0.6 is 15.9 Å². The Bertz CT molecular complexity index is 847. The van der Waals surface area contributed by atoms with Gasteiger partial charge in [0.1, 0.15) is 0 Å². The average molecular weight is 409 g/mol. The van der Waals surface area contributed by atoms with Crippen LogP contribution < -0.4 is 5.32 Å². The molecule has 1 N–H and O–H groups in total. The molecule has 1 amide bonds. The number of rotatable bonds is 4. The van der Waals surface area contributed by atoms with Crippen LogP contribution in [0.15, 0.2) is 57.9 Å². The summed E-state index contributed by atoms with van der Waals surface area (Å²) < 4.78 is 27.3. The van der Waals surface area contributed by atoms with Gasteiger partial charge in [0.15, 0.2) is 0 Å². The van der Waals surface area contributed by atoms with Crippen LogP contribution in [-0.4, -0.2) is 31.7 Å². The second-order valence-electron chi connectivity index (χ2n) is 5.57. The first-order chi connectivity index (χ1) is 11.5. The Morgan fingerprint density at radius 2 is 1.71 bits per heavy atom. The first kappa shape index (κ1) is 17.1. The molecule has 5 nitrogen and oxygen atoms in total. The van der Waals surface area contributed by atoms with Gasteiger partial charge >= 0.3 is 0 Å². The Morgan fingerprint density at radius 3 is 2.38 bits per heavy atom. The highest BCUT2D eigenvalue weighted by Crippen LogP contribution is 2.26. The van der Waals surface area contributed by atoms with Gasteiger partial charge in [-0.15, -0.1) is 0 Å². The summed E-state index contributed by atoms with van der Waals surface area (Å²) in [6, 6.07) is 13.6. The van der Waals surface area contributed by atoms with E-state index < -0.39 is 10.0 Å². The van der Waals surface area contributed by atoms with Gasteiger partial charge in [0.05, 0.1) is 10.5 Å². The molecule has 0 aliphatic carbocycles. The molecule has 1 aliphatic rings. The van der Waals surface area contributed by atoms with Gasteiger partial charge in [0, 0.05) is 23.2 Å². The first-order valence-corrected chi connectivity index (χ1v) is 9.88. The highest BCUT2D eigenvalue weighted by Gasteiger charge is 2.28. The number of para-hydroxylation sites is 1. The van der Waals surface area contributed by atoms with E-state index in [-0.39, 0.29) is 10.8 Å². The number of nitrogens with one attached hydrogen (secondary N) is 1. The van der Waals surface area contributed by atoms with E-state index >= 15 is 0 Å². The smallest absolute Gasteiger partial charge is 0.256 e. The normalized spacial score (nSPS) is 15.4. The summed E-state index contributed by atoms with van der Waals surface area (Å²) in [7, 11) is -3.55. The van der Waals surface area contributed by atoms with Gasteiger partial charge in [-0.2, -0.15) is 4.31 Å². The molecule has 0 aromatic heterocycles. The molecule has 1 saturated heterocycles. The van der Waals surface area contributed by atoms with Crippen molar-refractivity contribution < 1.29 is 13.2 Å². The lowest BCUT2D eigenvalue weighted by Crippen LogP contribution is -2.28. The predicted octanol–water partition coefficient (Wildman–Crippen LogP) is 3.49. The number of nitrogens with zero attached hydrogens (tertiary/aromatic N) is 1. The zero-order valence-electron chi connectivity index (χ0n) is 12.9.